The first-order chi connectivity index (χ1) is 10.5. The summed E-state index contributed by atoms with van der Waals surface area (Å²) in [4.78, 5) is 18.8. The van der Waals surface area contributed by atoms with Gasteiger partial charge in [-0.15, -0.1) is 0 Å². The Bertz CT molecular complexity index is 657. The Kier molecular flexibility index (Phi) is 3.64. The number of urea groups is 1. The van der Waals surface area contributed by atoms with Crippen LogP contribution in [-0.4, -0.2) is 32.6 Å². The van der Waals surface area contributed by atoms with E-state index >= 15 is 0 Å². The molecular weight excluding hydrogens is 276 g/mol. The van der Waals surface area contributed by atoms with Crippen LogP contribution in [0.25, 0.3) is 0 Å². The van der Waals surface area contributed by atoms with Crippen LogP contribution in [0.1, 0.15) is 38.1 Å². The van der Waals surface area contributed by atoms with E-state index in [2.05, 4.69) is 27.1 Å². The largest absolute Gasteiger partial charge is 0.348 e. The van der Waals surface area contributed by atoms with Crippen molar-refractivity contribution in [3.63, 3.8) is 0 Å². The maximum Gasteiger partial charge on any atom is 0.318 e. The molecular formula is C17H22N4O. The van der Waals surface area contributed by atoms with Crippen molar-refractivity contribution in [3.05, 3.63) is 54.1 Å². The van der Waals surface area contributed by atoms with E-state index in [4.69, 9.17) is 0 Å². The number of fused-ring (bicyclic) bond motifs is 1. The molecule has 1 aliphatic heterocycles. The average molecular weight is 298 g/mol. The maximum absolute atomic E-state index is 12.7. The van der Waals surface area contributed by atoms with Crippen molar-refractivity contribution in [2.45, 2.75) is 38.9 Å². The third-order valence-corrected chi connectivity index (χ3v) is 3.78. The van der Waals surface area contributed by atoms with Gasteiger partial charge in [-0.1, -0.05) is 6.07 Å². The second-order valence-electron chi connectivity index (χ2n) is 6.69. The van der Waals surface area contributed by atoms with Gasteiger partial charge < -0.3 is 14.8 Å². The van der Waals surface area contributed by atoms with Crippen LogP contribution in [0.3, 0.4) is 0 Å². The summed E-state index contributed by atoms with van der Waals surface area (Å²) in [6.07, 6.45) is 5.66. The summed E-state index contributed by atoms with van der Waals surface area (Å²) in [5.41, 5.74) is 1.91. The van der Waals surface area contributed by atoms with Gasteiger partial charge in [0.25, 0.3) is 0 Å². The highest BCUT2D eigenvalue weighted by molar-refractivity contribution is 5.76. The second kappa shape index (κ2) is 5.48. The van der Waals surface area contributed by atoms with Crippen molar-refractivity contribution < 1.29 is 4.79 Å². The third-order valence-electron chi connectivity index (χ3n) is 3.78. The molecule has 0 aromatic carbocycles. The van der Waals surface area contributed by atoms with Crippen LogP contribution >= 0.6 is 0 Å². The summed E-state index contributed by atoms with van der Waals surface area (Å²) in [7, 11) is 0. The minimum absolute atomic E-state index is 0.0335. The number of aromatic nitrogens is 2. The van der Waals surface area contributed by atoms with Gasteiger partial charge >= 0.3 is 6.03 Å². The maximum atomic E-state index is 12.7. The molecule has 0 fully saturated rings. The molecule has 0 aliphatic carbocycles. The van der Waals surface area contributed by atoms with E-state index in [0.29, 0.717) is 6.54 Å². The smallest absolute Gasteiger partial charge is 0.318 e. The Morgan fingerprint density at radius 1 is 1.27 bits per heavy atom. The third kappa shape index (κ3) is 2.84. The van der Waals surface area contributed by atoms with Gasteiger partial charge in [-0.05, 0) is 44.5 Å². The van der Waals surface area contributed by atoms with E-state index < -0.39 is 0 Å². The van der Waals surface area contributed by atoms with Crippen molar-refractivity contribution in [1.29, 1.82) is 0 Å². The topological polar surface area (TPSA) is 50.2 Å². The summed E-state index contributed by atoms with van der Waals surface area (Å²) >= 11 is 0. The Hall–Kier alpha value is -2.30. The molecule has 5 nitrogen and oxygen atoms in total. The Balaban J connectivity index is 1.97. The van der Waals surface area contributed by atoms with E-state index in [1.807, 2.05) is 50.1 Å². The highest BCUT2D eigenvalue weighted by atomic mass is 16.2. The Labute approximate surface area is 131 Å². The van der Waals surface area contributed by atoms with Gasteiger partial charge in [-0.2, -0.15) is 0 Å². The lowest BCUT2D eigenvalue weighted by atomic mass is 10.0. The number of carbonyl (C=O) groups excluding carboxylic acids is 1. The van der Waals surface area contributed by atoms with Crippen LogP contribution in [-0.2, 0) is 6.54 Å². The van der Waals surface area contributed by atoms with Gasteiger partial charge in [0.1, 0.15) is 6.04 Å². The summed E-state index contributed by atoms with van der Waals surface area (Å²) < 4.78 is 2.21. The molecule has 116 valence electrons. The van der Waals surface area contributed by atoms with Crippen molar-refractivity contribution >= 4 is 6.03 Å². The molecule has 2 aromatic rings. The molecule has 2 amide bonds. The molecule has 0 radical (unpaired) electrons. The average Bonchev–Trinajstić information content (AvgIpc) is 2.93. The number of rotatable bonds is 1. The van der Waals surface area contributed by atoms with E-state index in [0.717, 1.165) is 17.8 Å². The molecule has 3 heterocycles. The van der Waals surface area contributed by atoms with Crippen LogP contribution in [0.4, 0.5) is 4.79 Å². The Morgan fingerprint density at radius 3 is 2.77 bits per heavy atom. The molecule has 0 saturated carbocycles. The molecule has 1 unspecified atom stereocenters. The van der Waals surface area contributed by atoms with Crippen LogP contribution in [0.15, 0.2) is 42.9 Å². The normalized spacial score (nSPS) is 18.0. The van der Waals surface area contributed by atoms with Crippen LogP contribution in [0.5, 0.6) is 0 Å². The molecule has 0 saturated heterocycles. The fourth-order valence-corrected chi connectivity index (χ4v) is 2.88. The lowest BCUT2D eigenvalue weighted by Gasteiger charge is -2.38. The van der Waals surface area contributed by atoms with Gasteiger partial charge in [0, 0.05) is 42.9 Å². The second-order valence-corrected chi connectivity index (χ2v) is 6.69. The number of hydrogen-bond donors (Lipinski definition) is 1. The molecule has 1 atom stereocenters. The molecule has 0 spiro atoms. The van der Waals surface area contributed by atoms with Crippen molar-refractivity contribution in [2.75, 3.05) is 6.54 Å². The minimum Gasteiger partial charge on any atom is -0.348 e. The summed E-state index contributed by atoms with van der Waals surface area (Å²) in [5, 5.41) is 3.07. The van der Waals surface area contributed by atoms with E-state index in [1.165, 1.54) is 0 Å². The minimum atomic E-state index is -0.254. The van der Waals surface area contributed by atoms with E-state index in [1.54, 1.807) is 6.20 Å². The molecule has 1 N–H and O–H groups in total. The van der Waals surface area contributed by atoms with Crippen LogP contribution in [0.2, 0.25) is 0 Å². The van der Waals surface area contributed by atoms with Gasteiger partial charge in [0.05, 0.1) is 0 Å². The quantitative estimate of drug-likeness (QED) is 0.880. The fraction of sp³-hybridized carbons (Fsp3) is 0.412. The first-order valence-corrected chi connectivity index (χ1v) is 7.59. The Morgan fingerprint density at radius 2 is 2.09 bits per heavy atom. The number of hydrogen-bond acceptors (Lipinski definition) is 2. The first kappa shape index (κ1) is 14.6. The number of nitrogens with zero attached hydrogens (tertiary/aromatic N) is 3. The predicted molar refractivity (Wildman–Crippen MR) is 85.5 cm³/mol. The first-order valence-electron chi connectivity index (χ1n) is 7.59. The number of nitrogens with one attached hydrogen (secondary N) is 1. The monoisotopic (exact) mass is 298 g/mol. The zero-order valence-electron chi connectivity index (χ0n) is 13.3. The van der Waals surface area contributed by atoms with Gasteiger partial charge in [0.2, 0.25) is 0 Å². The molecule has 22 heavy (non-hydrogen) atoms. The molecule has 3 rings (SSSR count). The molecule has 0 bridgehead atoms. The molecule has 1 aliphatic rings. The lowest BCUT2D eigenvalue weighted by Crippen LogP contribution is -2.52. The number of pyridine rings is 1. The highest BCUT2D eigenvalue weighted by Gasteiger charge is 2.33. The van der Waals surface area contributed by atoms with Crippen molar-refractivity contribution in [2.24, 2.45) is 0 Å². The number of carbonyl (C=O) groups is 1. The van der Waals surface area contributed by atoms with Gasteiger partial charge in [-0.25, -0.2) is 4.79 Å². The van der Waals surface area contributed by atoms with Gasteiger partial charge in [0.15, 0.2) is 0 Å². The summed E-state index contributed by atoms with van der Waals surface area (Å²) in [5.74, 6) is 0. The van der Waals surface area contributed by atoms with Crippen LogP contribution in [0, 0.1) is 0 Å². The van der Waals surface area contributed by atoms with Crippen molar-refractivity contribution in [3.8, 4) is 0 Å². The molecule has 5 heteroatoms. The zero-order valence-corrected chi connectivity index (χ0v) is 13.3. The zero-order chi connectivity index (χ0) is 15.7. The fourth-order valence-electron chi connectivity index (χ4n) is 2.88. The van der Waals surface area contributed by atoms with E-state index in [-0.39, 0.29) is 17.6 Å². The van der Waals surface area contributed by atoms with Gasteiger partial charge in [-0.3, -0.25) is 4.98 Å². The SMILES string of the molecule is CC(C)(C)NC(=O)N1CCn2cccc2C1c1cccnc1. The summed E-state index contributed by atoms with van der Waals surface area (Å²) in [6.45, 7) is 7.49. The predicted octanol–water partition coefficient (Wildman–Crippen LogP) is 2.80. The lowest BCUT2D eigenvalue weighted by molar-refractivity contribution is 0.160. The molecule has 2 aromatic heterocycles. The highest BCUT2D eigenvalue weighted by Crippen LogP contribution is 2.32. The van der Waals surface area contributed by atoms with Crippen molar-refractivity contribution in [1.82, 2.24) is 19.8 Å². The van der Waals surface area contributed by atoms with E-state index in [9.17, 15) is 4.79 Å². The standard InChI is InChI=1S/C17H22N4O/c1-17(2,3)19-16(22)21-11-10-20-9-5-7-14(20)15(21)13-6-4-8-18-12-13/h4-9,12,15H,10-11H2,1-3H3,(H,19,22). The van der Waals surface area contributed by atoms with Crippen LogP contribution < -0.4 is 5.32 Å². The summed E-state index contributed by atoms with van der Waals surface area (Å²) in [6, 6.07) is 7.92. The number of amides is 2.